The normalized spacial score (nSPS) is 10.3. The Kier molecular flexibility index (Phi) is 4.94. The van der Waals surface area contributed by atoms with Gasteiger partial charge in [-0.05, 0) is 25.0 Å². The molecule has 2 heteroatoms. The first kappa shape index (κ1) is 10.6. The average Bonchev–Trinajstić information content (AvgIpc) is 2.15. The summed E-state index contributed by atoms with van der Waals surface area (Å²) in [7, 11) is 0. The second-order valence-electron chi connectivity index (χ2n) is 3.02. The molecule has 0 spiro atoms. The van der Waals surface area contributed by atoms with E-state index in [1.54, 1.807) is 0 Å². The molecule has 0 saturated heterocycles. The summed E-state index contributed by atoms with van der Waals surface area (Å²) in [5.41, 5.74) is 1.28. The molecule has 0 unspecified atom stereocenters. The van der Waals surface area contributed by atoms with Crippen molar-refractivity contribution in [3.8, 4) is 0 Å². The third kappa shape index (κ3) is 3.83. The zero-order valence-electron chi connectivity index (χ0n) is 8.25. The van der Waals surface area contributed by atoms with Gasteiger partial charge >= 0.3 is 0 Å². The van der Waals surface area contributed by atoms with Crippen molar-refractivity contribution >= 4 is 12.0 Å². The maximum Gasteiger partial charge on any atom is 0.0618 e. The molecular weight excluding hydrogens is 180 g/mol. The Labute approximate surface area is 84.7 Å². The lowest BCUT2D eigenvalue weighted by Gasteiger charge is -2.04. The molecule has 0 amide bonds. The van der Waals surface area contributed by atoms with Gasteiger partial charge in [-0.15, -0.1) is 0 Å². The van der Waals surface area contributed by atoms with E-state index in [1.807, 2.05) is 12.1 Å². The second-order valence-corrected chi connectivity index (χ2v) is 3.87. The Morgan fingerprint density at radius 1 is 1.31 bits per heavy atom. The maximum atomic E-state index is 5.46. The highest BCUT2D eigenvalue weighted by Crippen LogP contribution is 2.22. The Balaban J connectivity index is 2.32. The fourth-order valence-corrected chi connectivity index (χ4v) is 1.62. The van der Waals surface area contributed by atoms with Gasteiger partial charge in [0.1, 0.15) is 0 Å². The predicted molar refractivity (Wildman–Crippen MR) is 57.9 cm³/mol. The molecule has 0 aliphatic carbocycles. The summed E-state index contributed by atoms with van der Waals surface area (Å²) >= 11 is 1.49. The van der Waals surface area contributed by atoms with Crippen LogP contribution >= 0.6 is 12.0 Å². The Morgan fingerprint density at radius 2 is 2.08 bits per heavy atom. The number of benzene rings is 1. The molecule has 0 bridgehead atoms. The monoisotopic (exact) mass is 196 g/mol. The fourth-order valence-electron chi connectivity index (χ4n) is 0.958. The van der Waals surface area contributed by atoms with Crippen molar-refractivity contribution in [2.45, 2.75) is 31.6 Å². The molecule has 0 atom stereocenters. The highest BCUT2D eigenvalue weighted by atomic mass is 32.2. The quantitative estimate of drug-likeness (QED) is 0.523. The third-order valence-corrected chi connectivity index (χ3v) is 2.75. The van der Waals surface area contributed by atoms with Crippen molar-refractivity contribution in [1.29, 1.82) is 0 Å². The van der Waals surface area contributed by atoms with Crippen molar-refractivity contribution < 1.29 is 4.18 Å². The van der Waals surface area contributed by atoms with Crippen LogP contribution in [0.15, 0.2) is 29.2 Å². The molecule has 0 fully saturated rings. The number of hydrogen-bond donors (Lipinski definition) is 0. The first-order chi connectivity index (χ1) is 6.34. The highest BCUT2D eigenvalue weighted by molar-refractivity contribution is 7.94. The predicted octanol–water partition coefficient (Wildman–Crippen LogP) is 3.82. The van der Waals surface area contributed by atoms with E-state index < -0.39 is 0 Å². The van der Waals surface area contributed by atoms with Crippen LogP contribution in [0.1, 0.15) is 25.3 Å². The van der Waals surface area contributed by atoms with E-state index >= 15 is 0 Å². The minimum absolute atomic E-state index is 0.843. The largest absolute Gasteiger partial charge is 0.310 e. The molecule has 72 valence electrons. The molecule has 0 heterocycles. The van der Waals surface area contributed by atoms with Crippen molar-refractivity contribution in [3.05, 3.63) is 29.8 Å². The molecule has 0 saturated carbocycles. The van der Waals surface area contributed by atoms with Crippen molar-refractivity contribution in [2.75, 3.05) is 6.61 Å². The standard InChI is InChI=1S/C11H16OS/c1-3-4-9-12-13-11-8-6-5-7-10(11)2/h5-8H,3-4,9H2,1-2H3. The zero-order chi connectivity index (χ0) is 9.52. The van der Waals surface area contributed by atoms with Crippen LogP contribution in [0.3, 0.4) is 0 Å². The van der Waals surface area contributed by atoms with Crippen LogP contribution in [0, 0.1) is 6.92 Å². The Bertz CT molecular complexity index is 248. The van der Waals surface area contributed by atoms with Gasteiger partial charge in [-0.25, -0.2) is 0 Å². The first-order valence-electron chi connectivity index (χ1n) is 4.69. The van der Waals surface area contributed by atoms with E-state index in [-0.39, 0.29) is 0 Å². The van der Waals surface area contributed by atoms with Gasteiger partial charge in [0.2, 0.25) is 0 Å². The van der Waals surface area contributed by atoms with Crippen molar-refractivity contribution in [3.63, 3.8) is 0 Å². The zero-order valence-corrected chi connectivity index (χ0v) is 9.06. The van der Waals surface area contributed by atoms with Gasteiger partial charge in [-0.1, -0.05) is 31.5 Å². The molecule has 1 rings (SSSR count). The second kappa shape index (κ2) is 6.06. The number of unbranched alkanes of at least 4 members (excludes halogenated alkanes) is 1. The van der Waals surface area contributed by atoms with Gasteiger partial charge in [-0.2, -0.15) is 0 Å². The van der Waals surface area contributed by atoms with Crippen LogP contribution in [-0.4, -0.2) is 6.61 Å². The van der Waals surface area contributed by atoms with Gasteiger partial charge in [0, 0.05) is 16.9 Å². The SMILES string of the molecule is CCCCOSc1ccccc1C. The molecule has 13 heavy (non-hydrogen) atoms. The minimum atomic E-state index is 0.843. The van der Waals surface area contributed by atoms with E-state index in [9.17, 15) is 0 Å². The van der Waals surface area contributed by atoms with Crippen LogP contribution < -0.4 is 0 Å². The lowest BCUT2D eigenvalue weighted by molar-refractivity contribution is 0.362. The number of rotatable bonds is 5. The summed E-state index contributed by atoms with van der Waals surface area (Å²) in [5, 5.41) is 0. The summed E-state index contributed by atoms with van der Waals surface area (Å²) in [4.78, 5) is 1.22. The topological polar surface area (TPSA) is 9.23 Å². The lowest BCUT2D eigenvalue weighted by Crippen LogP contribution is -1.86. The Hall–Kier alpha value is -0.470. The van der Waals surface area contributed by atoms with Crippen molar-refractivity contribution in [2.24, 2.45) is 0 Å². The lowest BCUT2D eigenvalue weighted by atomic mass is 10.2. The molecule has 0 N–H and O–H groups in total. The van der Waals surface area contributed by atoms with E-state index in [2.05, 4.69) is 26.0 Å². The third-order valence-electron chi connectivity index (χ3n) is 1.82. The van der Waals surface area contributed by atoms with E-state index in [0.717, 1.165) is 13.0 Å². The molecule has 1 aromatic carbocycles. The molecule has 1 nitrogen and oxygen atoms in total. The van der Waals surface area contributed by atoms with Gasteiger partial charge in [0.15, 0.2) is 0 Å². The first-order valence-corrected chi connectivity index (χ1v) is 5.44. The van der Waals surface area contributed by atoms with E-state index in [4.69, 9.17) is 4.18 Å². The van der Waals surface area contributed by atoms with Crippen LogP contribution in [-0.2, 0) is 4.18 Å². The highest BCUT2D eigenvalue weighted by Gasteiger charge is 1.97. The molecule has 0 aliphatic rings. The van der Waals surface area contributed by atoms with Gasteiger partial charge in [-0.3, -0.25) is 0 Å². The summed E-state index contributed by atoms with van der Waals surface area (Å²) < 4.78 is 5.46. The average molecular weight is 196 g/mol. The summed E-state index contributed by atoms with van der Waals surface area (Å²) in [6, 6.07) is 8.28. The fraction of sp³-hybridized carbons (Fsp3) is 0.455. The van der Waals surface area contributed by atoms with E-state index in [1.165, 1.54) is 28.9 Å². The van der Waals surface area contributed by atoms with Gasteiger partial charge in [0.05, 0.1) is 6.61 Å². The van der Waals surface area contributed by atoms with Crippen molar-refractivity contribution in [1.82, 2.24) is 0 Å². The van der Waals surface area contributed by atoms with Crippen LogP contribution in [0.2, 0.25) is 0 Å². The molecule has 0 radical (unpaired) electrons. The number of hydrogen-bond acceptors (Lipinski definition) is 2. The molecule has 0 aliphatic heterocycles. The Morgan fingerprint density at radius 3 is 2.77 bits per heavy atom. The van der Waals surface area contributed by atoms with E-state index in [0.29, 0.717) is 0 Å². The van der Waals surface area contributed by atoms with Crippen LogP contribution in [0.4, 0.5) is 0 Å². The minimum Gasteiger partial charge on any atom is -0.310 e. The van der Waals surface area contributed by atoms with Crippen LogP contribution in [0.25, 0.3) is 0 Å². The molecular formula is C11H16OS. The maximum absolute atomic E-state index is 5.46. The smallest absolute Gasteiger partial charge is 0.0618 e. The molecule has 0 aromatic heterocycles. The summed E-state index contributed by atoms with van der Waals surface area (Å²) in [6.07, 6.45) is 2.33. The number of aryl methyl sites for hydroxylation is 1. The molecule has 1 aromatic rings. The van der Waals surface area contributed by atoms with Gasteiger partial charge in [0.25, 0.3) is 0 Å². The van der Waals surface area contributed by atoms with Gasteiger partial charge < -0.3 is 4.18 Å². The summed E-state index contributed by atoms with van der Waals surface area (Å²) in [6.45, 7) is 5.11. The van der Waals surface area contributed by atoms with Crippen LogP contribution in [0.5, 0.6) is 0 Å². The summed E-state index contributed by atoms with van der Waals surface area (Å²) in [5.74, 6) is 0.